The molecule has 4 aromatic rings. The summed E-state index contributed by atoms with van der Waals surface area (Å²) < 4.78 is 0. The second-order valence-corrected chi connectivity index (χ2v) is 7.16. The van der Waals surface area contributed by atoms with E-state index in [-0.39, 0.29) is 36.4 Å². The van der Waals surface area contributed by atoms with Crippen molar-refractivity contribution < 1.29 is 9.59 Å². The molecule has 164 valence electrons. The summed E-state index contributed by atoms with van der Waals surface area (Å²) >= 11 is 11.9. The highest BCUT2D eigenvalue weighted by atomic mass is 35.5. The molecular formula is C26H20Cl4O2. The van der Waals surface area contributed by atoms with Crippen LogP contribution in [-0.4, -0.2) is 11.6 Å². The first-order valence-corrected chi connectivity index (χ1v) is 10.0. The first-order valence-electron chi connectivity index (χ1n) is 9.26. The fourth-order valence-corrected chi connectivity index (χ4v) is 3.22. The molecule has 0 amide bonds. The molecule has 0 radical (unpaired) electrons. The Balaban J connectivity index is 0.000000301. The van der Waals surface area contributed by atoms with E-state index in [0.717, 1.165) is 0 Å². The number of hydrogen-bond acceptors (Lipinski definition) is 2. The summed E-state index contributed by atoms with van der Waals surface area (Å²) in [6.45, 7) is 0. The van der Waals surface area contributed by atoms with Crippen molar-refractivity contribution in [3.8, 4) is 0 Å². The van der Waals surface area contributed by atoms with E-state index in [1.807, 2.05) is 60.7 Å². The minimum Gasteiger partial charge on any atom is -0.289 e. The molecule has 0 saturated heterocycles. The molecule has 0 atom stereocenters. The van der Waals surface area contributed by atoms with Crippen LogP contribution >= 0.6 is 48.0 Å². The van der Waals surface area contributed by atoms with Crippen molar-refractivity contribution >= 4 is 59.6 Å². The largest absolute Gasteiger partial charge is 0.289 e. The van der Waals surface area contributed by atoms with Crippen LogP contribution in [-0.2, 0) is 0 Å². The third kappa shape index (κ3) is 7.22. The first-order chi connectivity index (χ1) is 14.6. The molecule has 0 fully saturated rings. The lowest BCUT2D eigenvalue weighted by molar-refractivity contribution is 0.103. The molecule has 6 heteroatoms. The summed E-state index contributed by atoms with van der Waals surface area (Å²) in [5, 5.41) is 0.984. The van der Waals surface area contributed by atoms with Crippen molar-refractivity contribution in [1.82, 2.24) is 0 Å². The van der Waals surface area contributed by atoms with E-state index in [1.54, 1.807) is 48.5 Å². The van der Waals surface area contributed by atoms with Crippen LogP contribution in [0.3, 0.4) is 0 Å². The lowest BCUT2D eigenvalue weighted by Crippen LogP contribution is -2.01. The van der Waals surface area contributed by atoms with E-state index in [4.69, 9.17) is 23.2 Å². The molecule has 0 spiro atoms. The van der Waals surface area contributed by atoms with Gasteiger partial charge in [0.15, 0.2) is 11.6 Å². The molecule has 0 aromatic heterocycles. The molecule has 0 aliphatic rings. The fourth-order valence-electron chi connectivity index (χ4n) is 2.78. The quantitative estimate of drug-likeness (QED) is 0.263. The molecule has 0 N–H and O–H groups in total. The summed E-state index contributed by atoms with van der Waals surface area (Å²) in [7, 11) is 0. The Kier molecular flexibility index (Phi) is 11.8. The van der Waals surface area contributed by atoms with Crippen LogP contribution in [0.15, 0.2) is 109 Å². The summed E-state index contributed by atoms with van der Waals surface area (Å²) in [6.07, 6.45) is 0. The van der Waals surface area contributed by atoms with Crippen LogP contribution < -0.4 is 0 Å². The Labute approximate surface area is 210 Å². The van der Waals surface area contributed by atoms with E-state index in [2.05, 4.69) is 0 Å². The van der Waals surface area contributed by atoms with E-state index in [9.17, 15) is 9.59 Å². The lowest BCUT2D eigenvalue weighted by Gasteiger charge is -2.02. The van der Waals surface area contributed by atoms with Crippen molar-refractivity contribution in [2.75, 3.05) is 0 Å². The normalized spacial score (nSPS) is 9.31. The summed E-state index contributed by atoms with van der Waals surface area (Å²) in [4.78, 5) is 24.0. The van der Waals surface area contributed by atoms with Gasteiger partial charge in [-0.3, -0.25) is 9.59 Å². The van der Waals surface area contributed by atoms with E-state index >= 15 is 0 Å². The molecule has 0 aliphatic carbocycles. The fraction of sp³-hybridized carbons (Fsp3) is 0. The van der Waals surface area contributed by atoms with Gasteiger partial charge in [0.25, 0.3) is 0 Å². The predicted molar refractivity (Wildman–Crippen MR) is 137 cm³/mol. The lowest BCUT2D eigenvalue weighted by atomic mass is 10.0. The van der Waals surface area contributed by atoms with Gasteiger partial charge >= 0.3 is 0 Å². The molecule has 2 nitrogen and oxygen atoms in total. The highest BCUT2D eigenvalue weighted by Gasteiger charge is 2.11. The van der Waals surface area contributed by atoms with Gasteiger partial charge in [0, 0.05) is 22.3 Å². The zero-order valence-corrected chi connectivity index (χ0v) is 19.9. The summed E-state index contributed by atoms with van der Waals surface area (Å²) in [5.74, 6) is -0.0811. The van der Waals surface area contributed by atoms with Crippen molar-refractivity contribution in [2.24, 2.45) is 0 Å². The average Bonchev–Trinajstić information content (AvgIpc) is 2.80. The summed E-state index contributed by atoms with van der Waals surface area (Å²) in [6, 6.07) is 32.4. The van der Waals surface area contributed by atoms with Crippen LogP contribution in [0.4, 0.5) is 0 Å². The van der Waals surface area contributed by atoms with E-state index in [0.29, 0.717) is 32.3 Å². The second kappa shape index (κ2) is 13.7. The number of carbonyl (C=O) groups excluding carboxylic acids is 2. The van der Waals surface area contributed by atoms with Crippen LogP contribution in [0, 0.1) is 0 Å². The zero-order chi connectivity index (χ0) is 21.3. The van der Waals surface area contributed by atoms with Crippen LogP contribution in [0.1, 0.15) is 31.8 Å². The molecule has 0 heterocycles. The van der Waals surface area contributed by atoms with E-state index < -0.39 is 0 Å². The van der Waals surface area contributed by atoms with Crippen LogP contribution in [0.2, 0.25) is 10.0 Å². The third-order valence-electron chi connectivity index (χ3n) is 4.31. The molecule has 4 rings (SSSR count). The van der Waals surface area contributed by atoms with Gasteiger partial charge < -0.3 is 0 Å². The number of halogens is 4. The molecule has 0 bridgehead atoms. The smallest absolute Gasteiger partial charge is 0.194 e. The Bertz CT molecular complexity index is 1050. The Morgan fingerprint density at radius 1 is 0.438 bits per heavy atom. The molecule has 4 aromatic carbocycles. The molecular weight excluding hydrogens is 486 g/mol. The minimum atomic E-state index is -0.0406. The van der Waals surface area contributed by atoms with Gasteiger partial charge in [-0.1, -0.05) is 108 Å². The highest BCUT2D eigenvalue weighted by molar-refractivity contribution is 6.35. The SMILES string of the molecule is Cl.Cl.O=C(c1ccccc1)c1ccccc1Cl.O=C(c1ccccc1)c1ccccc1Cl. The second-order valence-electron chi connectivity index (χ2n) is 6.35. The number of hydrogen-bond donors (Lipinski definition) is 0. The van der Waals surface area contributed by atoms with Gasteiger partial charge in [0.1, 0.15) is 0 Å². The molecule has 32 heavy (non-hydrogen) atoms. The van der Waals surface area contributed by atoms with Gasteiger partial charge in [0.05, 0.1) is 10.0 Å². The van der Waals surface area contributed by atoms with Gasteiger partial charge in [-0.25, -0.2) is 0 Å². The summed E-state index contributed by atoms with van der Waals surface area (Å²) in [5.41, 5.74) is 2.41. The van der Waals surface area contributed by atoms with Gasteiger partial charge in [-0.05, 0) is 24.3 Å². The average molecular weight is 506 g/mol. The minimum absolute atomic E-state index is 0. The zero-order valence-electron chi connectivity index (χ0n) is 16.8. The molecule has 0 unspecified atom stereocenters. The molecule has 0 aliphatic heterocycles. The standard InChI is InChI=1S/2C13H9ClO.2ClH/c2*14-12-9-5-4-8-11(12)13(15)10-6-2-1-3-7-10;;/h2*1-9H;2*1H. The number of rotatable bonds is 4. The topological polar surface area (TPSA) is 34.1 Å². The first kappa shape index (κ1) is 27.4. The maximum absolute atomic E-state index is 12.0. The van der Waals surface area contributed by atoms with E-state index in [1.165, 1.54) is 0 Å². The number of carbonyl (C=O) groups is 2. The Hall–Kier alpha value is -2.62. The van der Waals surface area contributed by atoms with Gasteiger partial charge in [0.2, 0.25) is 0 Å². The molecule has 0 saturated carbocycles. The van der Waals surface area contributed by atoms with Gasteiger partial charge in [-0.2, -0.15) is 0 Å². The monoisotopic (exact) mass is 504 g/mol. The van der Waals surface area contributed by atoms with Crippen molar-refractivity contribution in [3.05, 3.63) is 141 Å². The van der Waals surface area contributed by atoms with Crippen molar-refractivity contribution in [2.45, 2.75) is 0 Å². The predicted octanol–water partition coefficient (Wildman–Crippen LogP) is 7.99. The Morgan fingerprint density at radius 2 is 0.719 bits per heavy atom. The van der Waals surface area contributed by atoms with Crippen molar-refractivity contribution in [1.29, 1.82) is 0 Å². The highest BCUT2D eigenvalue weighted by Crippen LogP contribution is 2.19. The maximum Gasteiger partial charge on any atom is 0.194 e. The van der Waals surface area contributed by atoms with Crippen molar-refractivity contribution in [3.63, 3.8) is 0 Å². The number of benzene rings is 4. The maximum atomic E-state index is 12.0. The van der Waals surface area contributed by atoms with Gasteiger partial charge in [-0.15, -0.1) is 24.8 Å². The third-order valence-corrected chi connectivity index (χ3v) is 4.97. The number of ketones is 2. The van der Waals surface area contributed by atoms with Crippen LogP contribution in [0.5, 0.6) is 0 Å². The Morgan fingerprint density at radius 3 is 1.03 bits per heavy atom. The van der Waals surface area contributed by atoms with Crippen LogP contribution in [0.25, 0.3) is 0 Å².